The van der Waals surface area contributed by atoms with Gasteiger partial charge in [-0.2, -0.15) is 0 Å². The quantitative estimate of drug-likeness (QED) is 0.331. The number of carbonyl (C=O) groups is 3. The average Bonchev–Trinajstić information content (AvgIpc) is 2.75. The number of hydrogen-bond acceptors (Lipinski definition) is 5. The Balaban J connectivity index is 1.65. The van der Waals surface area contributed by atoms with Crippen LogP contribution in [0, 0.1) is 19.7 Å². The van der Waals surface area contributed by atoms with Crippen LogP contribution in [-0.4, -0.2) is 36.0 Å². The summed E-state index contributed by atoms with van der Waals surface area (Å²) >= 11 is 1.86. The molecule has 170 valence electrons. The topological polar surface area (TPSA) is 112 Å². The Bertz CT molecular complexity index is 1230. The molecule has 0 fully saturated rings. The summed E-state index contributed by atoms with van der Waals surface area (Å²) in [5.74, 6) is -1.94. The number of rotatable bonds is 7. The second-order valence-electron chi connectivity index (χ2n) is 7.38. The van der Waals surface area contributed by atoms with Gasteiger partial charge in [0.05, 0.1) is 41.4 Å². The number of nitrogens with zero attached hydrogens (tertiary/aromatic N) is 3. The lowest BCUT2D eigenvalue weighted by Crippen LogP contribution is -2.22. The minimum atomic E-state index is -1.03. The molecular weight excluding hydrogens is 542 g/mol. The monoisotopic (exact) mass is 562 g/mol. The van der Waals surface area contributed by atoms with Gasteiger partial charge in [0.25, 0.3) is 5.91 Å². The standard InChI is InChI=1S/C23H20FIN4O4/c1-13-7-15(3-5-17(13)23(32)33)9-21(30)28-20-10-19(26-12-27-20)22(31)29(25)11-16-4-6-18(24)14(2)8-16/h3-8,10,12H,9,11H2,1-2H3,(H,32,33)(H,26,27,28,30). The van der Waals surface area contributed by atoms with Crippen molar-refractivity contribution < 1.29 is 23.9 Å². The van der Waals surface area contributed by atoms with Crippen LogP contribution >= 0.6 is 22.9 Å². The fourth-order valence-corrected chi connectivity index (χ4v) is 3.79. The van der Waals surface area contributed by atoms with Gasteiger partial charge in [0.2, 0.25) is 5.91 Å². The molecule has 8 nitrogen and oxygen atoms in total. The number of nitrogens with one attached hydrogen (secondary N) is 1. The van der Waals surface area contributed by atoms with Gasteiger partial charge in [-0.15, -0.1) is 0 Å². The zero-order chi connectivity index (χ0) is 24.1. The van der Waals surface area contributed by atoms with Crippen LogP contribution in [0.25, 0.3) is 0 Å². The number of aryl methyl sites for hydroxylation is 2. The second kappa shape index (κ2) is 10.5. The predicted molar refractivity (Wildman–Crippen MR) is 128 cm³/mol. The Labute approximate surface area is 203 Å². The Morgan fingerprint density at radius 1 is 1.03 bits per heavy atom. The van der Waals surface area contributed by atoms with Crippen LogP contribution in [0.15, 0.2) is 48.8 Å². The number of aromatic nitrogens is 2. The van der Waals surface area contributed by atoms with E-state index in [-0.39, 0.29) is 41.8 Å². The van der Waals surface area contributed by atoms with Crippen molar-refractivity contribution in [3.8, 4) is 0 Å². The Kier molecular flexibility index (Phi) is 7.69. The van der Waals surface area contributed by atoms with Gasteiger partial charge in [0, 0.05) is 6.07 Å². The number of aromatic carboxylic acids is 1. The first-order chi connectivity index (χ1) is 15.6. The van der Waals surface area contributed by atoms with Crippen molar-refractivity contribution in [3.63, 3.8) is 0 Å². The van der Waals surface area contributed by atoms with Crippen molar-refractivity contribution >= 4 is 46.5 Å². The van der Waals surface area contributed by atoms with Crippen LogP contribution in [0.2, 0.25) is 0 Å². The summed E-state index contributed by atoms with van der Waals surface area (Å²) in [6.45, 7) is 3.56. The van der Waals surface area contributed by atoms with Crippen LogP contribution in [-0.2, 0) is 17.8 Å². The van der Waals surface area contributed by atoms with Gasteiger partial charge in [0.15, 0.2) is 0 Å². The van der Waals surface area contributed by atoms with Gasteiger partial charge in [-0.1, -0.05) is 24.3 Å². The fourth-order valence-electron chi connectivity index (χ4n) is 3.15. The summed E-state index contributed by atoms with van der Waals surface area (Å²) in [5, 5.41) is 11.7. The van der Waals surface area contributed by atoms with Gasteiger partial charge >= 0.3 is 5.97 Å². The lowest BCUT2D eigenvalue weighted by atomic mass is 10.0. The number of carbonyl (C=O) groups excluding carboxylic acids is 2. The summed E-state index contributed by atoms with van der Waals surface area (Å²) in [7, 11) is 0. The van der Waals surface area contributed by atoms with E-state index in [1.54, 1.807) is 38.1 Å². The lowest BCUT2D eigenvalue weighted by Gasteiger charge is -2.15. The van der Waals surface area contributed by atoms with Crippen molar-refractivity contribution in [3.05, 3.63) is 88.1 Å². The highest BCUT2D eigenvalue weighted by molar-refractivity contribution is 14.1. The molecule has 33 heavy (non-hydrogen) atoms. The van der Waals surface area contributed by atoms with Crippen LogP contribution in [0.1, 0.15) is 43.1 Å². The Morgan fingerprint density at radius 2 is 1.73 bits per heavy atom. The first-order valence-corrected chi connectivity index (χ1v) is 10.8. The number of carboxylic acids is 1. The van der Waals surface area contributed by atoms with E-state index in [0.717, 1.165) is 5.56 Å². The van der Waals surface area contributed by atoms with E-state index in [1.165, 1.54) is 27.6 Å². The predicted octanol–water partition coefficient (Wildman–Crippen LogP) is 4.10. The molecule has 0 radical (unpaired) electrons. The lowest BCUT2D eigenvalue weighted by molar-refractivity contribution is -0.115. The summed E-state index contributed by atoms with van der Waals surface area (Å²) in [5.41, 5.74) is 2.73. The van der Waals surface area contributed by atoms with Crippen LogP contribution in [0.3, 0.4) is 0 Å². The molecule has 2 aromatic carbocycles. The van der Waals surface area contributed by atoms with Gasteiger partial charge < -0.3 is 10.4 Å². The molecule has 2 amide bonds. The third-order valence-electron chi connectivity index (χ3n) is 4.80. The number of halogens is 2. The van der Waals surface area contributed by atoms with E-state index >= 15 is 0 Å². The van der Waals surface area contributed by atoms with Crippen LogP contribution < -0.4 is 5.32 Å². The van der Waals surface area contributed by atoms with Gasteiger partial charge in [-0.25, -0.2) is 19.2 Å². The first kappa shape index (κ1) is 24.2. The van der Waals surface area contributed by atoms with E-state index < -0.39 is 11.9 Å². The number of amides is 2. The highest BCUT2D eigenvalue weighted by atomic mass is 127. The minimum Gasteiger partial charge on any atom is -0.478 e. The van der Waals surface area contributed by atoms with Crippen molar-refractivity contribution in [1.82, 2.24) is 13.1 Å². The Hall–Kier alpha value is -3.41. The third kappa shape index (κ3) is 6.31. The van der Waals surface area contributed by atoms with Crippen LogP contribution in [0.4, 0.5) is 10.2 Å². The molecule has 0 aliphatic heterocycles. The van der Waals surface area contributed by atoms with E-state index in [1.807, 2.05) is 22.9 Å². The summed E-state index contributed by atoms with van der Waals surface area (Å²) in [6.07, 6.45) is 1.19. The highest BCUT2D eigenvalue weighted by Gasteiger charge is 2.17. The summed E-state index contributed by atoms with van der Waals surface area (Å²) < 4.78 is 14.9. The molecular formula is C23H20FIN4O4. The zero-order valence-electron chi connectivity index (χ0n) is 17.8. The molecule has 0 aliphatic rings. The zero-order valence-corrected chi connectivity index (χ0v) is 20.0. The fraction of sp³-hybridized carbons (Fsp3) is 0.174. The number of benzene rings is 2. The molecule has 0 spiro atoms. The summed E-state index contributed by atoms with van der Waals surface area (Å²) in [6, 6.07) is 10.7. The molecule has 10 heteroatoms. The Morgan fingerprint density at radius 3 is 2.39 bits per heavy atom. The van der Waals surface area contributed by atoms with E-state index in [2.05, 4.69) is 15.3 Å². The molecule has 0 saturated carbocycles. The molecule has 0 bridgehead atoms. The first-order valence-electron chi connectivity index (χ1n) is 9.81. The molecule has 2 N–H and O–H groups in total. The van der Waals surface area contributed by atoms with Crippen molar-refractivity contribution in [2.45, 2.75) is 26.8 Å². The highest BCUT2D eigenvalue weighted by Crippen LogP contribution is 2.17. The van der Waals surface area contributed by atoms with Crippen molar-refractivity contribution in [2.24, 2.45) is 0 Å². The SMILES string of the molecule is Cc1cc(CN(I)C(=O)c2cc(NC(=O)Cc3ccc(C(=O)O)c(C)c3)ncn2)ccc1F. The molecule has 0 aliphatic carbocycles. The molecule has 0 saturated heterocycles. The normalized spacial score (nSPS) is 10.5. The average molecular weight is 562 g/mol. The maximum Gasteiger partial charge on any atom is 0.335 e. The smallest absolute Gasteiger partial charge is 0.335 e. The molecule has 0 unspecified atom stereocenters. The van der Waals surface area contributed by atoms with Gasteiger partial charge in [0.1, 0.15) is 23.7 Å². The summed E-state index contributed by atoms with van der Waals surface area (Å²) in [4.78, 5) is 44.3. The van der Waals surface area contributed by atoms with E-state index in [9.17, 15) is 18.8 Å². The maximum atomic E-state index is 13.5. The molecule has 3 rings (SSSR count). The van der Waals surface area contributed by atoms with E-state index in [0.29, 0.717) is 16.7 Å². The third-order valence-corrected chi connectivity index (χ3v) is 5.58. The number of carboxylic acid groups (broad SMARTS) is 1. The minimum absolute atomic E-state index is 0.0103. The number of hydrogen-bond donors (Lipinski definition) is 2. The van der Waals surface area contributed by atoms with Crippen molar-refractivity contribution in [1.29, 1.82) is 0 Å². The van der Waals surface area contributed by atoms with Crippen LogP contribution in [0.5, 0.6) is 0 Å². The van der Waals surface area contributed by atoms with Crippen molar-refractivity contribution in [2.75, 3.05) is 5.32 Å². The van der Waals surface area contributed by atoms with Gasteiger partial charge in [-0.3, -0.25) is 12.7 Å². The molecule has 0 atom stereocenters. The second-order valence-corrected chi connectivity index (χ2v) is 8.54. The maximum absolute atomic E-state index is 13.5. The largest absolute Gasteiger partial charge is 0.478 e. The van der Waals surface area contributed by atoms with Gasteiger partial charge in [-0.05, 0) is 48.2 Å². The number of anilines is 1. The molecule has 1 heterocycles. The van der Waals surface area contributed by atoms with E-state index in [4.69, 9.17) is 5.11 Å². The molecule has 3 aromatic rings. The molecule has 1 aromatic heterocycles.